The lowest BCUT2D eigenvalue weighted by molar-refractivity contribution is -0.316. The first-order chi connectivity index (χ1) is 7.02. The molecule has 3 atom stereocenters. The normalized spacial score (nSPS) is 16.9. The first-order valence-corrected chi connectivity index (χ1v) is 5.25. The van der Waals surface area contributed by atoms with Gasteiger partial charge in [-0.15, -0.1) is 0 Å². The van der Waals surface area contributed by atoms with Crippen molar-refractivity contribution in [3.8, 4) is 0 Å². The molecule has 0 aromatic carbocycles. The zero-order valence-electron chi connectivity index (χ0n) is 9.47. The van der Waals surface area contributed by atoms with Crippen LogP contribution >= 0.6 is 0 Å². The van der Waals surface area contributed by atoms with E-state index in [4.69, 9.17) is 9.99 Å². The predicted octanol–water partition coefficient (Wildman–Crippen LogP) is 0.782. The molecule has 0 fully saturated rings. The molecule has 5 nitrogen and oxygen atoms in total. The standard InChI is InChI=1S/C10H20O5/c1-4-6-8(10(13)7(3)11)14-15-9(12)5-2/h7-8,10-11,13H,4-6H2,1-3H3. The number of hydrogen-bond acceptors (Lipinski definition) is 5. The number of rotatable bonds is 7. The maximum Gasteiger partial charge on any atom is 0.342 e. The van der Waals surface area contributed by atoms with Crippen LogP contribution in [0.4, 0.5) is 0 Å². The first-order valence-electron chi connectivity index (χ1n) is 5.25. The Hall–Kier alpha value is -0.650. The molecule has 0 rings (SSSR count). The lowest BCUT2D eigenvalue weighted by Gasteiger charge is -2.22. The summed E-state index contributed by atoms with van der Waals surface area (Å²) in [5.41, 5.74) is 0. The molecular formula is C10H20O5. The maximum atomic E-state index is 10.8. The number of carbonyl (C=O) groups excluding carboxylic acids is 1. The van der Waals surface area contributed by atoms with Crippen molar-refractivity contribution < 1.29 is 24.8 Å². The van der Waals surface area contributed by atoms with Crippen molar-refractivity contribution in [3.63, 3.8) is 0 Å². The van der Waals surface area contributed by atoms with Gasteiger partial charge in [0.05, 0.1) is 6.10 Å². The molecule has 15 heavy (non-hydrogen) atoms. The molecule has 90 valence electrons. The number of hydrogen-bond donors (Lipinski definition) is 2. The van der Waals surface area contributed by atoms with Crippen LogP contribution in [0, 0.1) is 0 Å². The van der Waals surface area contributed by atoms with Crippen LogP contribution in [0.25, 0.3) is 0 Å². The summed E-state index contributed by atoms with van der Waals surface area (Å²) >= 11 is 0. The summed E-state index contributed by atoms with van der Waals surface area (Å²) in [7, 11) is 0. The summed E-state index contributed by atoms with van der Waals surface area (Å²) in [6, 6.07) is 0. The molecule has 0 saturated heterocycles. The Balaban J connectivity index is 4.09. The van der Waals surface area contributed by atoms with Gasteiger partial charge in [-0.25, -0.2) is 4.79 Å². The van der Waals surface area contributed by atoms with E-state index in [1.807, 2.05) is 6.92 Å². The summed E-state index contributed by atoms with van der Waals surface area (Å²) in [4.78, 5) is 20.1. The molecule has 0 aliphatic carbocycles. The van der Waals surface area contributed by atoms with Crippen LogP contribution in [-0.2, 0) is 14.6 Å². The Bertz CT molecular complexity index is 181. The Morgan fingerprint density at radius 3 is 2.33 bits per heavy atom. The average Bonchev–Trinajstić information content (AvgIpc) is 2.22. The zero-order valence-corrected chi connectivity index (χ0v) is 9.47. The van der Waals surface area contributed by atoms with E-state index in [2.05, 4.69) is 4.89 Å². The molecule has 0 saturated carbocycles. The molecule has 0 amide bonds. The third-order valence-electron chi connectivity index (χ3n) is 2.00. The van der Waals surface area contributed by atoms with Gasteiger partial charge in [0.1, 0.15) is 12.2 Å². The van der Waals surface area contributed by atoms with Gasteiger partial charge in [-0.2, -0.15) is 4.89 Å². The minimum atomic E-state index is -1.05. The largest absolute Gasteiger partial charge is 0.391 e. The van der Waals surface area contributed by atoms with E-state index in [1.54, 1.807) is 6.92 Å². The van der Waals surface area contributed by atoms with Crippen molar-refractivity contribution in [3.05, 3.63) is 0 Å². The topological polar surface area (TPSA) is 76.0 Å². The van der Waals surface area contributed by atoms with Gasteiger partial charge in [-0.1, -0.05) is 20.3 Å². The Labute approximate surface area is 89.9 Å². The van der Waals surface area contributed by atoms with E-state index < -0.39 is 24.3 Å². The lowest BCUT2D eigenvalue weighted by Crippen LogP contribution is -2.37. The quantitative estimate of drug-likeness (QED) is 0.490. The van der Waals surface area contributed by atoms with E-state index in [1.165, 1.54) is 6.92 Å². The molecule has 0 heterocycles. The summed E-state index contributed by atoms with van der Waals surface area (Å²) in [5, 5.41) is 18.7. The molecule has 0 aromatic rings. The van der Waals surface area contributed by atoms with E-state index in [0.29, 0.717) is 6.42 Å². The SMILES string of the molecule is CCCC(OOC(=O)CC)C(O)C(C)O. The van der Waals surface area contributed by atoms with Gasteiger partial charge in [-0.3, -0.25) is 4.89 Å². The fourth-order valence-corrected chi connectivity index (χ4v) is 1.05. The second-order valence-corrected chi connectivity index (χ2v) is 3.46. The van der Waals surface area contributed by atoms with Crippen molar-refractivity contribution in [1.29, 1.82) is 0 Å². The van der Waals surface area contributed by atoms with Crippen molar-refractivity contribution >= 4 is 5.97 Å². The van der Waals surface area contributed by atoms with Gasteiger partial charge < -0.3 is 10.2 Å². The van der Waals surface area contributed by atoms with Crippen LogP contribution in [0.15, 0.2) is 0 Å². The van der Waals surface area contributed by atoms with E-state index in [9.17, 15) is 9.90 Å². The number of aliphatic hydroxyl groups excluding tert-OH is 2. The smallest absolute Gasteiger partial charge is 0.342 e. The predicted molar refractivity (Wildman–Crippen MR) is 53.9 cm³/mol. The molecule has 0 radical (unpaired) electrons. The van der Waals surface area contributed by atoms with Crippen LogP contribution in [-0.4, -0.2) is 34.5 Å². The highest BCUT2D eigenvalue weighted by Crippen LogP contribution is 2.11. The molecule has 0 aromatic heterocycles. The van der Waals surface area contributed by atoms with Gasteiger partial charge in [0.15, 0.2) is 0 Å². The second kappa shape index (κ2) is 7.62. The molecule has 0 aliphatic rings. The van der Waals surface area contributed by atoms with E-state index in [0.717, 1.165) is 6.42 Å². The Kier molecular flexibility index (Phi) is 7.29. The van der Waals surface area contributed by atoms with Crippen LogP contribution in [0.2, 0.25) is 0 Å². The monoisotopic (exact) mass is 220 g/mol. The van der Waals surface area contributed by atoms with E-state index >= 15 is 0 Å². The van der Waals surface area contributed by atoms with Gasteiger partial charge in [0.2, 0.25) is 0 Å². The number of aliphatic hydroxyl groups is 2. The summed E-state index contributed by atoms with van der Waals surface area (Å²) in [5.74, 6) is -0.492. The molecule has 0 spiro atoms. The maximum absolute atomic E-state index is 10.8. The minimum Gasteiger partial charge on any atom is -0.391 e. The van der Waals surface area contributed by atoms with Crippen molar-refractivity contribution in [2.75, 3.05) is 0 Å². The van der Waals surface area contributed by atoms with Gasteiger partial charge in [0.25, 0.3) is 0 Å². The molecule has 5 heteroatoms. The lowest BCUT2D eigenvalue weighted by atomic mass is 10.1. The van der Waals surface area contributed by atoms with E-state index in [-0.39, 0.29) is 6.42 Å². The first kappa shape index (κ1) is 14.3. The molecular weight excluding hydrogens is 200 g/mol. The highest BCUT2D eigenvalue weighted by Gasteiger charge is 2.25. The van der Waals surface area contributed by atoms with Crippen LogP contribution in [0.3, 0.4) is 0 Å². The van der Waals surface area contributed by atoms with Crippen LogP contribution in [0.5, 0.6) is 0 Å². The number of carbonyl (C=O) groups is 1. The van der Waals surface area contributed by atoms with Crippen molar-refractivity contribution in [2.45, 2.75) is 58.3 Å². The molecule has 3 unspecified atom stereocenters. The summed E-state index contributed by atoms with van der Waals surface area (Å²) < 4.78 is 0. The van der Waals surface area contributed by atoms with Crippen molar-refractivity contribution in [2.24, 2.45) is 0 Å². The fraction of sp³-hybridized carbons (Fsp3) is 0.900. The highest BCUT2D eigenvalue weighted by atomic mass is 17.2. The van der Waals surface area contributed by atoms with Gasteiger partial charge in [0, 0.05) is 6.42 Å². The Morgan fingerprint density at radius 2 is 1.93 bits per heavy atom. The molecule has 0 bridgehead atoms. The summed E-state index contributed by atoms with van der Waals surface area (Å²) in [6.45, 7) is 5.01. The van der Waals surface area contributed by atoms with Crippen molar-refractivity contribution in [1.82, 2.24) is 0 Å². The van der Waals surface area contributed by atoms with Crippen LogP contribution in [0.1, 0.15) is 40.0 Å². The third-order valence-corrected chi connectivity index (χ3v) is 2.00. The molecule has 0 aliphatic heterocycles. The van der Waals surface area contributed by atoms with Crippen LogP contribution < -0.4 is 0 Å². The average molecular weight is 220 g/mol. The molecule has 2 N–H and O–H groups in total. The van der Waals surface area contributed by atoms with Gasteiger partial charge >= 0.3 is 5.97 Å². The fourth-order valence-electron chi connectivity index (χ4n) is 1.05. The highest BCUT2D eigenvalue weighted by molar-refractivity contribution is 5.68. The minimum absolute atomic E-state index is 0.212. The van der Waals surface area contributed by atoms with Gasteiger partial charge in [-0.05, 0) is 13.3 Å². The zero-order chi connectivity index (χ0) is 11.8. The second-order valence-electron chi connectivity index (χ2n) is 3.46. The third kappa shape index (κ3) is 5.71. The summed E-state index contributed by atoms with van der Waals surface area (Å²) in [6.07, 6.45) is -1.15. The Morgan fingerprint density at radius 1 is 1.33 bits per heavy atom.